The van der Waals surface area contributed by atoms with Gasteiger partial charge in [-0.3, -0.25) is 9.59 Å². The maximum atomic E-state index is 12.9. The Balaban J connectivity index is 1.35. The largest absolute Gasteiger partial charge is 0.350 e. The van der Waals surface area contributed by atoms with Gasteiger partial charge in [0, 0.05) is 51.4 Å². The quantitative estimate of drug-likeness (QED) is 0.409. The molecule has 11 heteroatoms. The van der Waals surface area contributed by atoms with Gasteiger partial charge in [0.2, 0.25) is 0 Å². The number of sulfone groups is 1. The molecular formula is C24H29N3O6S2. The Morgan fingerprint density at radius 1 is 1.37 bits per heavy atom. The van der Waals surface area contributed by atoms with Crippen molar-refractivity contribution >= 4 is 33.0 Å². The average Bonchev–Trinajstić information content (AvgIpc) is 3.32. The smallest absolute Gasteiger partial charge is 0.264 e. The fraction of sp³-hybridized carbons (Fsp3) is 0.583. The van der Waals surface area contributed by atoms with Crippen molar-refractivity contribution in [2.75, 3.05) is 32.5 Å². The van der Waals surface area contributed by atoms with Crippen molar-refractivity contribution in [2.24, 2.45) is 5.92 Å². The van der Waals surface area contributed by atoms with Crippen molar-refractivity contribution < 1.29 is 27.6 Å². The Kier molecular flexibility index (Phi) is 7.84. The zero-order valence-electron chi connectivity index (χ0n) is 19.8. The van der Waals surface area contributed by atoms with E-state index in [1.165, 1.54) is 18.3 Å². The van der Waals surface area contributed by atoms with E-state index in [1.54, 1.807) is 4.90 Å². The third-order valence-electron chi connectivity index (χ3n) is 6.54. The Labute approximate surface area is 209 Å². The van der Waals surface area contributed by atoms with Crippen LogP contribution < -0.4 is 10.8 Å². The van der Waals surface area contributed by atoms with E-state index in [-0.39, 0.29) is 18.9 Å². The molecule has 0 spiro atoms. The van der Waals surface area contributed by atoms with Crippen molar-refractivity contribution in [1.82, 2.24) is 15.7 Å². The van der Waals surface area contributed by atoms with Crippen LogP contribution in [0.1, 0.15) is 52.7 Å². The molecule has 0 bridgehead atoms. The van der Waals surface area contributed by atoms with Crippen molar-refractivity contribution in [1.29, 1.82) is 0 Å². The zero-order valence-corrected chi connectivity index (χ0v) is 21.4. The number of nitrogens with one attached hydrogen (secondary N) is 2. The first-order valence-corrected chi connectivity index (χ1v) is 14.3. The topological polar surface area (TPSA) is 114 Å². The van der Waals surface area contributed by atoms with Gasteiger partial charge < -0.3 is 15.0 Å². The van der Waals surface area contributed by atoms with Crippen molar-refractivity contribution in [3.63, 3.8) is 0 Å². The Morgan fingerprint density at radius 3 is 2.80 bits per heavy atom. The number of thiophene rings is 1. The molecule has 1 aromatic rings. The second-order valence-electron chi connectivity index (χ2n) is 9.16. The van der Waals surface area contributed by atoms with Crippen LogP contribution in [0.25, 0.3) is 0 Å². The van der Waals surface area contributed by atoms with E-state index in [0.717, 1.165) is 42.6 Å². The lowest BCUT2D eigenvalue weighted by atomic mass is 10.1. The molecule has 0 aromatic carbocycles. The molecule has 2 atom stereocenters. The summed E-state index contributed by atoms with van der Waals surface area (Å²) in [6.07, 6.45) is 2.81. The van der Waals surface area contributed by atoms with Crippen LogP contribution >= 0.6 is 11.3 Å². The van der Waals surface area contributed by atoms with Gasteiger partial charge in [-0.15, -0.1) is 11.3 Å². The zero-order chi connectivity index (χ0) is 25.1. The number of hydrogen-bond acceptors (Lipinski definition) is 8. The van der Waals surface area contributed by atoms with Gasteiger partial charge in [0.25, 0.3) is 11.8 Å². The number of rotatable bonds is 7. The molecule has 0 radical (unpaired) electrons. The number of hydroxylamine groups is 1. The standard InChI is InChI=1S/C24H29N3O6S2/c1-24(35(2,30)31,23(29)26-33-20-9-5-6-12-32-20)10-11-27-16-18-13-19(34-21(18)22(27)28)8-4-3-7-17-14-25-15-17/h13,17,20,25H,5-6,9-12,14-16H2,1-2H3,(H,26,29)/t20?,24-/m1/s1. The van der Waals surface area contributed by atoms with Crippen LogP contribution in [0.5, 0.6) is 0 Å². The van der Waals surface area contributed by atoms with E-state index < -0.39 is 26.8 Å². The minimum Gasteiger partial charge on any atom is -0.350 e. The summed E-state index contributed by atoms with van der Waals surface area (Å²) >= 11 is 1.31. The van der Waals surface area contributed by atoms with Gasteiger partial charge in [-0.2, -0.15) is 0 Å². The van der Waals surface area contributed by atoms with E-state index in [9.17, 15) is 18.0 Å². The van der Waals surface area contributed by atoms with Gasteiger partial charge in [-0.25, -0.2) is 18.7 Å². The number of ether oxygens (including phenoxy) is 1. The summed E-state index contributed by atoms with van der Waals surface area (Å²) in [5, 5.41) is 3.15. The summed E-state index contributed by atoms with van der Waals surface area (Å²) in [7, 11) is -3.81. The third kappa shape index (κ3) is 5.88. The number of hydrogen-bond donors (Lipinski definition) is 2. The molecule has 2 N–H and O–H groups in total. The molecule has 3 aliphatic heterocycles. The molecule has 4 rings (SSSR count). The van der Waals surface area contributed by atoms with Crippen molar-refractivity contribution in [2.45, 2.75) is 50.2 Å². The second kappa shape index (κ2) is 10.7. The van der Waals surface area contributed by atoms with Crippen LogP contribution in [0.2, 0.25) is 0 Å². The van der Waals surface area contributed by atoms with E-state index in [4.69, 9.17) is 9.57 Å². The summed E-state index contributed by atoms with van der Waals surface area (Å²) in [6, 6.07) is 1.87. The molecule has 4 heterocycles. The maximum Gasteiger partial charge on any atom is 0.264 e. The average molecular weight is 520 g/mol. The molecule has 0 aliphatic carbocycles. The van der Waals surface area contributed by atoms with Gasteiger partial charge in [0.05, 0.1) is 9.75 Å². The number of nitrogens with zero attached hydrogens (tertiary/aromatic N) is 1. The van der Waals surface area contributed by atoms with Crippen molar-refractivity contribution in [3.05, 3.63) is 21.4 Å². The molecule has 2 fully saturated rings. The Hall–Kier alpha value is -2.41. The predicted molar refractivity (Wildman–Crippen MR) is 131 cm³/mol. The highest BCUT2D eigenvalue weighted by molar-refractivity contribution is 7.92. The minimum atomic E-state index is -3.81. The van der Waals surface area contributed by atoms with Crippen LogP contribution in [0.3, 0.4) is 0 Å². The number of fused-ring (bicyclic) bond motifs is 1. The normalized spacial score (nSPS) is 21.6. The van der Waals surface area contributed by atoms with Gasteiger partial charge >= 0.3 is 0 Å². The Bertz CT molecular complexity index is 1210. The molecule has 3 aliphatic rings. The van der Waals surface area contributed by atoms with E-state index in [0.29, 0.717) is 30.4 Å². The molecule has 35 heavy (non-hydrogen) atoms. The maximum absolute atomic E-state index is 12.9. The summed E-state index contributed by atoms with van der Waals surface area (Å²) in [5.74, 6) is 11.2. The molecule has 2 saturated heterocycles. The molecule has 188 valence electrons. The monoisotopic (exact) mass is 519 g/mol. The van der Waals surface area contributed by atoms with Crippen LogP contribution in [0.15, 0.2) is 6.07 Å². The summed E-state index contributed by atoms with van der Waals surface area (Å²) in [6.45, 7) is 4.14. The lowest BCUT2D eigenvalue weighted by molar-refractivity contribution is -0.201. The van der Waals surface area contributed by atoms with Gasteiger partial charge in [0.1, 0.15) is 0 Å². The molecule has 9 nitrogen and oxygen atoms in total. The van der Waals surface area contributed by atoms with Crippen LogP contribution in [0, 0.1) is 29.6 Å². The SMILES string of the molecule is C[C@@](CCN1Cc2cc(C#CC#CC3CNC3)sc2C1=O)(C(=O)NOC1CCCCO1)S(C)(=O)=O. The highest BCUT2D eigenvalue weighted by Gasteiger charge is 2.45. The number of amides is 2. The first kappa shape index (κ1) is 25.7. The predicted octanol–water partition coefficient (Wildman–Crippen LogP) is 1.05. The number of carbonyl (C=O) groups excluding carboxylic acids is 2. The second-order valence-corrected chi connectivity index (χ2v) is 12.7. The molecule has 0 saturated carbocycles. The van der Waals surface area contributed by atoms with Crippen LogP contribution in [0.4, 0.5) is 0 Å². The first-order chi connectivity index (χ1) is 16.7. The molecule has 2 amide bonds. The third-order valence-corrected chi connectivity index (χ3v) is 9.64. The lowest BCUT2D eigenvalue weighted by Gasteiger charge is -2.29. The van der Waals surface area contributed by atoms with Gasteiger partial charge in [-0.1, -0.05) is 5.92 Å². The highest BCUT2D eigenvalue weighted by atomic mass is 32.2. The van der Waals surface area contributed by atoms with Crippen LogP contribution in [-0.2, 0) is 30.8 Å². The van der Waals surface area contributed by atoms with E-state index in [1.807, 2.05) is 6.07 Å². The van der Waals surface area contributed by atoms with E-state index in [2.05, 4.69) is 34.5 Å². The lowest BCUT2D eigenvalue weighted by Crippen LogP contribution is -2.52. The summed E-state index contributed by atoms with van der Waals surface area (Å²) in [5.41, 5.74) is 3.12. The van der Waals surface area contributed by atoms with Gasteiger partial charge in [0.15, 0.2) is 20.9 Å². The van der Waals surface area contributed by atoms with E-state index >= 15 is 0 Å². The summed E-state index contributed by atoms with van der Waals surface area (Å²) < 4.78 is 28.8. The van der Waals surface area contributed by atoms with Gasteiger partial charge in [-0.05, 0) is 55.6 Å². The molecule has 1 unspecified atom stereocenters. The van der Waals surface area contributed by atoms with Crippen molar-refractivity contribution in [3.8, 4) is 23.7 Å². The number of carbonyl (C=O) groups is 2. The van der Waals surface area contributed by atoms with Crippen LogP contribution in [-0.4, -0.2) is 68.7 Å². The Morgan fingerprint density at radius 2 is 2.17 bits per heavy atom. The fourth-order valence-corrected chi connectivity index (χ4v) is 5.69. The first-order valence-electron chi connectivity index (χ1n) is 11.6. The fourth-order valence-electron chi connectivity index (χ4n) is 3.86. The molecular weight excluding hydrogens is 490 g/mol. The molecule has 1 aromatic heterocycles. The highest BCUT2D eigenvalue weighted by Crippen LogP contribution is 2.32. The minimum absolute atomic E-state index is 0.0640. The summed E-state index contributed by atoms with van der Waals surface area (Å²) in [4.78, 5) is 34.0.